The molecule has 3 aromatic rings. The first-order chi connectivity index (χ1) is 10.0. The molecule has 0 fully saturated rings. The van der Waals surface area contributed by atoms with Crippen molar-refractivity contribution in [3.63, 3.8) is 0 Å². The van der Waals surface area contributed by atoms with Crippen molar-refractivity contribution < 1.29 is 8.78 Å². The first-order valence-electron chi connectivity index (χ1n) is 6.20. The van der Waals surface area contributed by atoms with E-state index in [2.05, 4.69) is 4.98 Å². The fourth-order valence-corrected chi connectivity index (χ4v) is 2.88. The van der Waals surface area contributed by atoms with E-state index in [0.29, 0.717) is 16.9 Å². The van der Waals surface area contributed by atoms with Gasteiger partial charge in [-0.15, -0.1) is 11.6 Å². The number of aryl methyl sites for hydroxylation is 1. The molecule has 21 heavy (non-hydrogen) atoms. The Balaban J connectivity index is 2.45. The topological polar surface area (TPSA) is 17.8 Å². The van der Waals surface area contributed by atoms with Crippen molar-refractivity contribution in [1.29, 1.82) is 0 Å². The van der Waals surface area contributed by atoms with Crippen LogP contribution in [0.5, 0.6) is 0 Å². The highest BCUT2D eigenvalue weighted by Gasteiger charge is 2.19. The lowest BCUT2D eigenvalue weighted by molar-refractivity contribution is 0.577. The molecule has 108 valence electrons. The number of nitrogens with zero attached hydrogens (tertiary/aromatic N) is 2. The van der Waals surface area contributed by atoms with Gasteiger partial charge in [-0.05, 0) is 24.6 Å². The Morgan fingerprint density at radius 3 is 2.67 bits per heavy atom. The zero-order valence-corrected chi connectivity index (χ0v) is 12.5. The lowest BCUT2D eigenvalue weighted by atomic mass is 10.2. The Bertz CT molecular complexity index is 820. The number of benzene rings is 2. The zero-order chi connectivity index (χ0) is 15.1. The number of fused-ring (bicyclic) bond motifs is 1. The summed E-state index contributed by atoms with van der Waals surface area (Å²) in [7, 11) is 0. The monoisotopic (exact) mass is 326 g/mol. The summed E-state index contributed by atoms with van der Waals surface area (Å²) < 4.78 is 29.0. The van der Waals surface area contributed by atoms with Crippen LogP contribution in [-0.2, 0) is 5.88 Å². The van der Waals surface area contributed by atoms with Crippen molar-refractivity contribution in [3.8, 4) is 5.69 Å². The normalized spacial score (nSPS) is 11.3. The molecule has 1 heterocycles. The second-order valence-corrected chi connectivity index (χ2v) is 5.33. The predicted molar refractivity (Wildman–Crippen MR) is 80.3 cm³/mol. The van der Waals surface area contributed by atoms with E-state index in [-0.39, 0.29) is 16.6 Å². The summed E-state index contributed by atoms with van der Waals surface area (Å²) >= 11 is 12.0. The SMILES string of the molecule is Cc1cccc2nc(CCl)n(-c3c(F)cc(F)cc3Cl)c12. The number of para-hydroxylation sites is 1. The highest BCUT2D eigenvalue weighted by Crippen LogP contribution is 2.31. The fourth-order valence-electron chi connectivity index (χ4n) is 2.42. The maximum absolute atomic E-state index is 14.2. The van der Waals surface area contributed by atoms with E-state index in [1.165, 1.54) is 0 Å². The molecule has 0 aliphatic carbocycles. The number of alkyl halides is 1. The minimum absolute atomic E-state index is 0.0265. The Morgan fingerprint density at radius 2 is 2.00 bits per heavy atom. The van der Waals surface area contributed by atoms with Gasteiger partial charge in [-0.2, -0.15) is 0 Å². The molecule has 6 heteroatoms. The van der Waals surface area contributed by atoms with E-state index in [9.17, 15) is 8.78 Å². The molecular formula is C15H10Cl2F2N2. The summed E-state index contributed by atoms with van der Waals surface area (Å²) in [4.78, 5) is 4.38. The van der Waals surface area contributed by atoms with Crippen molar-refractivity contribution in [3.05, 3.63) is 58.4 Å². The second-order valence-electron chi connectivity index (χ2n) is 4.66. The molecule has 0 N–H and O–H groups in total. The van der Waals surface area contributed by atoms with Gasteiger partial charge in [0.25, 0.3) is 0 Å². The molecule has 0 spiro atoms. The summed E-state index contributed by atoms with van der Waals surface area (Å²) in [5, 5.41) is -0.0265. The van der Waals surface area contributed by atoms with Crippen molar-refractivity contribution >= 4 is 34.2 Å². The van der Waals surface area contributed by atoms with Gasteiger partial charge < -0.3 is 0 Å². The van der Waals surface area contributed by atoms with Gasteiger partial charge in [0.2, 0.25) is 0 Å². The van der Waals surface area contributed by atoms with Gasteiger partial charge >= 0.3 is 0 Å². The van der Waals surface area contributed by atoms with Gasteiger partial charge in [0.15, 0.2) is 5.82 Å². The Hall–Kier alpha value is -1.65. The highest BCUT2D eigenvalue weighted by atomic mass is 35.5. The van der Waals surface area contributed by atoms with Gasteiger partial charge in [0, 0.05) is 6.07 Å². The molecule has 3 rings (SSSR count). The summed E-state index contributed by atoms with van der Waals surface area (Å²) in [6, 6.07) is 7.42. The Morgan fingerprint density at radius 1 is 1.24 bits per heavy atom. The Labute approximate surface area is 129 Å². The minimum atomic E-state index is -0.756. The summed E-state index contributed by atoms with van der Waals surface area (Å²) in [5.41, 5.74) is 2.35. The summed E-state index contributed by atoms with van der Waals surface area (Å²) in [6.07, 6.45) is 0. The lowest BCUT2D eigenvalue weighted by Gasteiger charge is -2.12. The third-order valence-electron chi connectivity index (χ3n) is 3.27. The van der Waals surface area contributed by atoms with Gasteiger partial charge in [0.05, 0.1) is 21.9 Å². The van der Waals surface area contributed by atoms with Gasteiger partial charge in [-0.25, -0.2) is 13.8 Å². The fraction of sp³-hybridized carbons (Fsp3) is 0.133. The standard InChI is InChI=1S/C15H10Cl2F2N2/c1-8-3-2-4-12-14(8)21(13(7-16)20-12)15-10(17)5-9(18)6-11(15)19/h2-6H,7H2,1H3. The lowest BCUT2D eigenvalue weighted by Crippen LogP contribution is -2.04. The van der Waals surface area contributed by atoms with Crippen LogP contribution in [0.2, 0.25) is 5.02 Å². The molecule has 0 amide bonds. The number of hydrogen-bond acceptors (Lipinski definition) is 1. The number of aromatic nitrogens is 2. The van der Waals surface area contributed by atoms with E-state index in [0.717, 1.165) is 17.7 Å². The van der Waals surface area contributed by atoms with Crippen LogP contribution in [0.25, 0.3) is 16.7 Å². The molecule has 1 aromatic heterocycles. The molecule has 0 unspecified atom stereocenters. The number of halogens is 4. The quantitative estimate of drug-likeness (QED) is 0.605. The largest absolute Gasteiger partial charge is 0.291 e. The second kappa shape index (κ2) is 5.28. The van der Waals surface area contributed by atoms with Crippen molar-refractivity contribution in [2.24, 2.45) is 0 Å². The van der Waals surface area contributed by atoms with E-state index in [4.69, 9.17) is 23.2 Å². The molecule has 0 saturated carbocycles. The van der Waals surface area contributed by atoms with Gasteiger partial charge in [-0.3, -0.25) is 4.57 Å². The van der Waals surface area contributed by atoms with Crippen LogP contribution in [0.4, 0.5) is 8.78 Å². The first-order valence-corrected chi connectivity index (χ1v) is 7.12. The maximum Gasteiger partial charge on any atom is 0.151 e. The third-order valence-corrected chi connectivity index (χ3v) is 3.80. The minimum Gasteiger partial charge on any atom is -0.291 e. The third kappa shape index (κ3) is 2.28. The molecule has 0 saturated heterocycles. The molecule has 0 atom stereocenters. The number of imidazole rings is 1. The average Bonchev–Trinajstić information content (AvgIpc) is 2.78. The van der Waals surface area contributed by atoms with E-state index in [1.807, 2.05) is 25.1 Å². The van der Waals surface area contributed by atoms with Crippen molar-refractivity contribution in [1.82, 2.24) is 9.55 Å². The molecule has 0 aliphatic heterocycles. The number of hydrogen-bond donors (Lipinski definition) is 0. The van der Waals surface area contributed by atoms with Crippen LogP contribution in [0.15, 0.2) is 30.3 Å². The van der Waals surface area contributed by atoms with Crippen LogP contribution < -0.4 is 0 Å². The zero-order valence-electron chi connectivity index (χ0n) is 11.0. The van der Waals surface area contributed by atoms with Crippen LogP contribution in [0.3, 0.4) is 0 Å². The highest BCUT2D eigenvalue weighted by molar-refractivity contribution is 6.32. The van der Waals surface area contributed by atoms with E-state index >= 15 is 0 Å². The van der Waals surface area contributed by atoms with Crippen LogP contribution in [0.1, 0.15) is 11.4 Å². The van der Waals surface area contributed by atoms with Crippen LogP contribution in [-0.4, -0.2) is 9.55 Å². The van der Waals surface area contributed by atoms with Crippen LogP contribution in [0, 0.1) is 18.6 Å². The van der Waals surface area contributed by atoms with Crippen LogP contribution >= 0.6 is 23.2 Å². The molecule has 2 aromatic carbocycles. The van der Waals surface area contributed by atoms with E-state index in [1.54, 1.807) is 4.57 Å². The molecule has 0 radical (unpaired) electrons. The van der Waals surface area contributed by atoms with Crippen molar-refractivity contribution in [2.75, 3.05) is 0 Å². The van der Waals surface area contributed by atoms with E-state index < -0.39 is 11.6 Å². The molecular weight excluding hydrogens is 317 g/mol. The Kier molecular flexibility index (Phi) is 3.59. The molecule has 0 aliphatic rings. The van der Waals surface area contributed by atoms with Gasteiger partial charge in [0.1, 0.15) is 17.3 Å². The van der Waals surface area contributed by atoms with Crippen molar-refractivity contribution in [2.45, 2.75) is 12.8 Å². The summed E-state index contributed by atoms with van der Waals surface area (Å²) in [6.45, 7) is 1.88. The average molecular weight is 327 g/mol. The predicted octanol–water partition coefficient (Wildman–Crippen LogP) is 5.00. The summed E-state index contributed by atoms with van der Waals surface area (Å²) in [5.74, 6) is -0.946. The molecule has 0 bridgehead atoms. The smallest absolute Gasteiger partial charge is 0.151 e. The maximum atomic E-state index is 14.2. The first kappa shape index (κ1) is 14.3. The van der Waals surface area contributed by atoms with Gasteiger partial charge in [-0.1, -0.05) is 23.7 Å². The number of rotatable bonds is 2. The molecule has 2 nitrogen and oxygen atoms in total.